The number of rotatable bonds is 8. The first kappa shape index (κ1) is 36.0. The zero-order chi connectivity index (χ0) is 42.0. The highest BCUT2D eigenvalue weighted by atomic mass is 28.3. The third-order valence-electron chi connectivity index (χ3n) is 14.3. The smallest absolute Gasteiger partial charge is 0.319 e. The molecule has 9 rings (SSSR count). The Labute approximate surface area is 338 Å². The van der Waals surface area contributed by atoms with Gasteiger partial charge in [0.2, 0.25) is 0 Å². The van der Waals surface area contributed by atoms with Gasteiger partial charge in [-0.15, -0.1) is 5.54 Å². The van der Waals surface area contributed by atoms with Gasteiger partial charge in [-0.05, 0) is 84.8 Å². The molecule has 300 valence electrons. The maximum Gasteiger partial charge on any atom is 0.319 e. The average molecular weight is 794 g/mol. The van der Waals surface area contributed by atoms with Crippen LogP contribution < -0.4 is 9.64 Å². The van der Waals surface area contributed by atoms with Crippen LogP contribution in [0.1, 0.15) is 81.1 Å². The van der Waals surface area contributed by atoms with E-state index in [1.165, 1.54) is 6.07 Å². The summed E-state index contributed by atoms with van der Waals surface area (Å²) in [5.74, 6) is 2.99. The molecule has 0 unspecified atom stereocenters. The summed E-state index contributed by atoms with van der Waals surface area (Å²) in [5, 5.41) is 12.8. The maximum atomic E-state index is 16.2. The Kier molecular flexibility index (Phi) is 8.68. The molecule has 2 aromatic carbocycles. The molecule has 4 aromatic rings. The summed E-state index contributed by atoms with van der Waals surface area (Å²) in [4.78, 5) is 18.9. The molecular formula is C46H55F2N5O3Si. The highest BCUT2D eigenvalue weighted by molar-refractivity contribution is 6.90. The van der Waals surface area contributed by atoms with Crippen LogP contribution in [0, 0.1) is 35.5 Å². The summed E-state index contributed by atoms with van der Waals surface area (Å²) in [5.41, 5.74) is 6.80. The van der Waals surface area contributed by atoms with Crippen LogP contribution in [0.4, 0.5) is 14.6 Å². The van der Waals surface area contributed by atoms with Crippen molar-refractivity contribution in [3.63, 3.8) is 0 Å². The topological polar surface area (TPSA) is 83.8 Å². The van der Waals surface area contributed by atoms with Gasteiger partial charge in [0.15, 0.2) is 0 Å². The molecule has 57 heavy (non-hydrogen) atoms. The van der Waals surface area contributed by atoms with Gasteiger partial charge in [0.05, 0.1) is 49.7 Å². The first-order valence-electron chi connectivity index (χ1n) is 21.7. The number of phenolic OH excluding ortho intramolecular Hbond substituents is 1. The second-order valence-electron chi connectivity index (χ2n) is 18.3. The van der Waals surface area contributed by atoms with Crippen LogP contribution in [-0.4, -0.2) is 90.2 Å². The van der Waals surface area contributed by atoms with E-state index in [1.807, 2.05) is 11.8 Å². The van der Waals surface area contributed by atoms with E-state index in [4.69, 9.17) is 24.4 Å². The molecule has 11 heteroatoms. The number of phenols is 1. The Hall–Kier alpha value is -4.11. The molecule has 2 saturated carbocycles. The highest BCUT2D eigenvalue weighted by Gasteiger charge is 2.67. The number of alkyl halides is 1. The SMILES string of the molecule is [2H]C([2H])(Oc1nc(N2CCOC[C@H]3[C@H](F)[C@H]32)c2cnc(-c3cc(O)cc4ccc(F)c(C#C[Si](C(C)C)(C(C)C)C(C)C)c34)c(C)c2n1)[C@]12CC(=C)CN1CCC21CC1. The first-order chi connectivity index (χ1) is 28.0. The molecule has 0 amide bonds. The number of hydrogen-bond donors (Lipinski definition) is 1. The summed E-state index contributed by atoms with van der Waals surface area (Å²) >= 11 is 0. The molecule has 0 bridgehead atoms. The fourth-order valence-corrected chi connectivity index (χ4v) is 16.4. The first-order valence-corrected chi connectivity index (χ1v) is 22.9. The van der Waals surface area contributed by atoms with Gasteiger partial charge in [-0.25, -0.2) is 8.78 Å². The molecule has 4 atom stereocenters. The van der Waals surface area contributed by atoms with E-state index >= 15 is 8.78 Å². The van der Waals surface area contributed by atoms with Crippen LogP contribution >= 0.6 is 0 Å². The van der Waals surface area contributed by atoms with Crippen LogP contribution in [0.5, 0.6) is 11.8 Å². The van der Waals surface area contributed by atoms with E-state index in [1.54, 1.807) is 24.4 Å². The van der Waals surface area contributed by atoms with Gasteiger partial charge in [-0.2, -0.15) is 9.97 Å². The van der Waals surface area contributed by atoms with Crippen LogP contribution in [0.2, 0.25) is 16.6 Å². The lowest BCUT2D eigenvalue weighted by Gasteiger charge is -2.38. The molecule has 3 saturated heterocycles. The second kappa shape index (κ2) is 13.7. The van der Waals surface area contributed by atoms with Gasteiger partial charge in [0.25, 0.3) is 0 Å². The lowest BCUT2D eigenvalue weighted by Crippen LogP contribution is -2.49. The molecule has 5 fully saturated rings. The van der Waals surface area contributed by atoms with Gasteiger partial charge in [-0.1, -0.05) is 65.7 Å². The van der Waals surface area contributed by atoms with Crippen molar-refractivity contribution in [1.82, 2.24) is 19.9 Å². The molecule has 1 N–H and O–H groups in total. The Morgan fingerprint density at radius 1 is 1.11 bits per heavy atom. The highest BCUT2D eigenvalue weighted by Crippen LogP contribution is 2.66. The molecular weight excluding hydrogens is 737 g/mol. The van der Waals surface area contributed by atoms with E-state index in [-0.39, 0.29) is 28.7 Å². The molecule has 2 aromatic heterocycles. The van der Waals surface area contributed by atoms with Crippen molar-refractivity contribution in [3.8, 4) is 34.5 Å². The number of anilines is 1. The monoisotopic (exact) mass is 793 g/mol. The Balaban J connectivity index is 1.24. The minimum absolute atomic E-state index is 0.0129. The third-order valence-corrected chi connectivity index (χ3v) is 20.6. The fourth-order valence-electron chi connectivity index (χ4n) is 11.2. The number of aromatic hydroxyl groups is 1. The number of hydrogen-bond acceptors (Lipinski definition) is 8. The van der Waals surface area contributed by atoms with Crippen molar-refractivity contribution in [3.05, 3.63) is 59.6 Å². The second-order valence-corrected chi connectivity index (χ2v) is 23.9. The fraction of sp³-hybridized carbons (Fsp3) is 0.543. The van der Waals surface area contributed by atoms with Crippen molar-refractivity contribution >= 4 is 35.6 Å². The summed E-state index contributed by atoms with van der Waals surface area (Å²) in [6, 6.07) is 5.65. The van der Waals surface area contributed by atoms with Crippen molar-refractivity contribution in [1.29, 1.82) is 0 Å². The number of halogens is 2. The third kappa shape index (κ3) is 5.90. The van der Waals surface area contributed by atoms with E-state index in [9.17, 15) is 7.85 Å². The van der Waals surface area contributed by atoms with E-state index < -0.39 is 38.2 Å². The zero-order valence-electron chi connectivity index (χ0n) is 36.2. The van der Waals surface area contributed by atoms with E-state index in [2.05, 4.69) is 64.5 Å². The van der Waals surface area contributed by atoms with Crippen LogP contribution in [0.25, 0.3) is 32.9 Å². The van der Waals surface area contributed by atoms with Gasteiger partial charge in [0, 0.05) is 41.7 Å². The quantitative estimate of drug-likeness (QED) is 0.107. The van der Waals surface area contributed by atoms with Crippen molar-refractivity contribution in [2.75, 3.05) is 44.3 Å². The normalized spacial score (nSPS) is 26.1. The van der Waals surface area contributed by atoms with Crippen LogP contribution in [0.15, 0.2) is 42.6 Å². The van der Waals surface area contributed by atoms with E-state index in [0.717, 1.165) is 31.4 Å². The largest absolute Gasteiger partial charge is 0.508 e. The summed E-state index contributed by atoms with van der Waals surface area (Å²) in [6.45, 7) is 19.7. The standard InChI is InChI=1S/C46H55F2N5O3Si/c1-26(2)57(27(3)4,28(5)6)18-11-33-37(47)10-9-31-19-32(54)20-34(38(31)33)40-30(8)41-35(22-49-40)43(53-16-17-55-24-36-39(48)42(36)53)51-44(50-41)56-25-46-21-29(7)23-52(46)15-14-45(46)12-13-45/h9-10,19-20,22,26-28,36,39,42,54H,7,12-17,21,23-25H2,1-6,8H3/t36-,39-,42-,46-/m0/s1/i25D2. The van der Waals surface area contributed by atoms with Gasteiger partial charge in [0.1, 0.15) is 38.2 Å². The number of fused-ring (bicyclic) bond motifs is 5. The molecule has 0 radical (unpaired) electrons. The average Bonchev–Trinajstić information content (AvgIpc) is 4.04. The molecule has 5 aliphatic rings. The Morgan fingerprint density at radius 3 is 2.58 bits per heavy atom. The lowest BCUT2D eigenvalue weighted by molar-refractivity contribution is 0.0649. The van der Waals surface area contributed by atoms with E-state index in [0.29, 0.717) is 93.7 Å². The number of aryl methyl sites for hydroxylation is 1. The lowest BCUT2D eigenvalue weighted by atomic mass is 9.80. The van der Waals surface area contributed by atoms with Crippen molar-refractivity contribution in [2.24, 2.45) is 11.3 Å². The number of aromatic nitrogens is 3. The summed E-state index contributed by atoms with van der Waals surface area (Å²) < 4.78 is 63.2. The van der Waals surface area contributed by atoms with Gasteiger partial charge < -0.3 is 19.5 Å². The molecule has 2 aliphatic carbocycles. The molecule has 8 nitrogen and oxygen atoms in total. The number of benzene rings is 2. The molecule has 3 aliphatic heterocycles. The summed E-state index contributed by atoms with van der Waals surface area (Å²) in [7, 11) is -2.27. The predicted molar refractivity (Wildman–Crippen MR) is 225 cm³/mol. The van der Waals surface area contributed by atoms with Crippen LogP contribution in [0.3, 0.4) is 0 Å². The van der Waals surface area contributed by atoms with Gasteiger partial charge >= 0.3 is 6.01 Å². The zero-order valence-corrected chi connectivity index (χ0v) is 35.2. The Bertz CT molecular complexity index is 2440. The number of ether oxygens (including phenoxy) is 2. The summed E-state index contributed by atoms with van der Waals surface area (Å²) in [6.07, 6.45) is 3.78. The Morgan fingerprint density at radius 2 is 1.86 bits per heavy atom. The molecule has 5 heterocycles. The van der Waals surface area contributed by atoms with Crippen LogP contribution in [-0.2, 0) is 4.74 Å². The number of nitrogens with zero attached hydrogens (tertiary/aromatic N) is 5. The predicted octanol–water partition coefficient (Wildman–Crippen LogP) is 9.30. The molecule has 1 spiro atoms. The number of pyridine rings is 1. The minimum atomic E-state index is -2.27. The maximum absolute atomic E-state index is 16.2. The van der Waals surface area contributed by atoms with Crippen molar-refractivity contribution in [2.45, 2.75) is 109 Å². The van der Waals surface area contributed by atoms with Crippen molar-refractivity contribution < 1.29 is 26.1 Å². The van der Waals surface area contributed by atoms with Gasteiger partial charge in [-0.3, -0.25) is 9.88 Å². The minimum Gasteiger partial charge on any atom is -0.508 e.